The monoisotopic (exact) mass is 180 g/mol. The number of nitrogens with one attached hydrogen (secondary N) is 1. The molecule has 2 aliphatic heterocycles. The lowest BCUT2D eigenvalue weighted by molar-refractivity contribution is -0.136. The van der Waals surface area contributed by atoms with Crippen molar-refractivity contribution in [3.8, 4) is 0 Å². The van der Waals surface area contributed by atoms with Crippen molar-refractivity contribution in [2.24, 2.45) is 5.92 Å². The van der Waals surface area contributed by atoms with Gasteiger partial charge in [0, 0.05) is 31.1 Å². The predicted molar refractivity (Wildman–Crippen MR) is 49.2 cm³/mol. The molecule has 72 valence electrons. The second-order valence-electron chi connectivity index (χ2n) is 4.56. The van der Waals surface area contributed by atoms with Crippen LogP contribution in [0, 0.1) is 5.92 Å². The second-order valence-corrected chi connectivity index (χ2v) is 4.56. The summed E-state index contributed by atoms with van der Waals surface area (Å²) < 4.78 is 0. The summed E-state index contributed by atoms with van der Waals surface area (Å²) >= 11 is 0. The second kappa shape index (κ2) is 2.71. The largest absolute Gasteiger partial charge is 0.334 e. The molecule has 3 fully saturated rings. The SMILES string of the molecule is O=C(C1CC1)N1[C@@H]2CC[C@H]1CNC2. The van der Waals surface area contributed by atoms with Crippen LogP contribution in [-0.4, -0.2) is 36.0 Å². The lowest BCUT2D eigenvalue weighted by Gasteiger charge is -2.35. The van der Waals surface area contributed by atoms with Gasteiger partial charge in [-0.15, -0.1) is 0 Å². The zero-order valence-corrected chi connectivity index (χ0v) is 7.83. The normalized spacial score (nSPS) is 38.0. The first-order chi connectivity index (χ1) is 6.36. The van der Waals surface area contributed by atoms with Crippen LogP contribution < -0.4 is 5.32 Å². The van der Waals surface area contributed by atoms with Crippen molar-refractivity contribution in [1.82, 2.24) is 10.2 Å². The van der Waals surface area contributed by atoms with E-state index >= 15 is 0 Å². The van der Waals surface area contributed by atoms with Crippen LogP contribution in [0.4, 0.5) is 0 Å². The molecule has 0 aromatic carbocycles. The third-order valence-electron chi connectivity index (χ3n) is 3.56. The maximum Gasteiger partial charge on any atom is 0.226 e. The summed E-state index contributed by atoms with van der Waals surface area (Å²) in [4.78, 5) is 14.1. The summed E-state index contributed by atoms with van der Waals surface area (Å²) in [6, 6.07) is 1.04. The highest BCUT2D eigenvalue weighted by atomic mass is 16.2. The topological polar surface area (TPSA) is 32.3 Å². The van der Waals surface area contributed by atoms with Crippen molar-refractivity contribution < 1.29 is 4.79 Å². The molecule has 0 radical (unpaired) electrons. The van der Waals surface area contributed by atoms with E-state index in [9.17, 15) is 4.79 Å². The van der Waals surface area contributed by atoms with Crippen LogP contribution in [0.2, 0.25) is 0 Å². The Bertz CT molecular complexity index is 221. The van der Waals surface area contributed by atoms with Crippen LogP contribution in [0.3, 0.4) is 0 Å². The Morgan fingerprint density at radius 1 is 1.08 bits per heavy atom. The summed E-state index contributed by atoms with van der Waals surface area (Å²) in [5, 5.41) is 3.40. The molecule has 2 saturated heterocycles. The van der Waals surface area contributed by atoms with Crippen molar-refractivity contribution >= 4 is 5.91 Å². The Morgan fingerprint density at radius 2 is 1.69 bits per heavy atom. The van der Waals surface area contributed by atoms with E-state index in [1.54, 1.807) is 0 Å². The molecular weight excluding hydrogens is 164 g/mol. The molecule has 2 atom stereocenters. The van der Waals surface area contributed by atoms with Crippen molar-refractivity contribution in [3.63, 3.8) is 0 Å². The molecule has 1 aliphatic carbocycles. The van der Waals surface area contributed by atoms with Gasteiger partial charge in [0.1, 0.15) is 0 Å². The smallest absolute Gasteiger partial charge is 0.226 e. The molecule has 1 saturated carbocycles. The maximum atomic E-state index is 11.9. The highest BCUT2D eigenvalue weighted by molar-refractivity contribution is 5.82. The van der Waals surface area contributed by atoms with Gasteiger partial charge in [-0.25, -0.2) is 0 Å². The van der Waals surface area contributed by atoms with Crippen LogP contribution in [0.15, 0.2) is 0 Å². The lowest BCUT2D eigenvalue weighted by atomic mass is 10.2. The van der Waals surface area contributed by atoms with E-state index in [-0.39, 0.29) is 0 Å². The van der Waals surface area contributed by atoms with Gasteiger partial charge in [-0.05, 0) is 25.7 Å². The molecule has 1 N–H and O–H groups in total. The summed E-state index contributed by atoms with van der Waals surface area (Å²) in [5.74, 6) is 0.857. The molecule has 3 rings (SSSR count). The average molecular weight is 180 g/mol. The van der Waals surface area contributed by atoms with Crippen LogP contribution in [0.5, 0.6) is 0 Å². The van der Waals surface area contributed by atoms with Gasteiger partial charge in [-0.1, -0.05) is 0 Å². The Balaban J connectivity index is 1.78. The summed E-state index contributed by atoms with van der Waals surface area (Å²) in [6.45, 7) is 2.05. The fraction of sp³-hybridized carbons (Fsp3) is 0.900. The van der Waals surface area contributed by atoms with E-state index in [1.165, 1.54) is 12.8 Å². The number of piperazine rings is 1. The molecule has 0 aromatic rings. The Hall–Kier alpha value is -0.570. The summed E-state index contributed by atoms with van der Waals surface area (Å²) in [6.07, 6.45) is 4.72. The van der Waals surface area contributed by atoms with Crippen molar-refractivity contribution in [3.05, 3.63) is 0 Å². The van der Waals surface area contributed by atoms with E-state index in [4.69, 9.17) is 0 Å². The Labute approximate surface area is 78.5 Å². The Morgan fingerprint density at radius 3 is 2.23 bits per heavy atom. The third-order valence-corrected chi connectivity index (χ3v) is 3.56. The number of amides is 1. The van der Waals surface area contributed by atoms with Gasteiger partial charge in [-0.3, -0.25) is 4.79 Å². The van der Waals surface area contributed by atoms with Crippen molar-refractivity contribution in [2.45, 2.75) is 37.8 Å². The fourth-order valence-corrected chi connectivity index (χ4v) is 2.68. The molecular formula is C10H16N2O. The highest BCUT2D eigenvalue weighted by Crippen LogP contribution is 2.36. The quantitative estimate of drug-likeness (QED) is 0.632. The summed E-state index contributed by atoms with van der Waals surface area (Å²) in [7, 11) is 0. The molecule has 0 aromatic heterocycles. The number of carbonyl (C=O) groups excluding carboxylic acids is 1. The van der Waals surface area contributed by atoms with Gasteiger partial charge in [0.15, 0.2) is 0 Å². The van der Waals surface area contributed by atoms with E-state index in [0.717, 1.165) is 25.9 Å². The van der Waals surface area contributed by atoms with Crippen LogP contribution in [-0.2, 0) is 4.79 Å². The first-order valence-corrected chi connectivity index (χ1v) is 5.39. The number of nitrogens with zero attached hydrogens (tertiary/aromatic N) is 1. The highest BCUT2D eigenvalue weighted by Gasteiger charge is 2.44. The molecule has 1 amide bonds. The zero-order valence-electron chi connectivity index (χ0n) is 7.83. The molecule has 13 heavy (non-hydrogen) atoms. The zero-order chi connectivity index (χ0) is 8.84. The standard InChI is InChI=1S/C10H16N2O/c13-10(7-1-2-7)12-8-3-4-9(12)6-11-5-8/h7-9,11H,1-6H2/t8-,9+. The average Bonchev–Trinajstić information content (AvgIpc) is 2.92. The van der Waals surface area contributed by atoms with Gasteiger partial charge in [0.25, 0.3) is 0 Å². The first-order valence-electron chi connectivity index (χ1n) is 5.39. The van der Waals surface area contributed by atoms with Crippen LogP contribution >= 0.6 is 0 Å². The number of rotatable bonds is 1. The fourth-order valence-electron chi connectivity index (χ4n) is 2.68. The van der Waals surface area contributed by atoms with E-state index < -0.39 is 0 Å². The predicted octanol–water partition coefficient (Wildman–Crippen LogP) is 0.359. The minimum Gasteiger partial charge on any atom is -0.334 e. The van der Waals surface area contributed by atoms with E-state index in [1.807, 2.05) is 0 Å². The van der Waals surface area contributed by atoms with Gasteiger partial charge >= 0.3 is 0 Å². The van der Waals surface area contributed by atoms with Gasteiger partial charge in [0.2, 0.25) is 5.91 Å². The number of hydrogen-bond acceptors (Lipinski definition) is 2. The van der Waals surface area contributed by atoms with E-state index in [2.05, 4.69) is 10.2 Å². The molecule has 3 nitrogen and oxygen atoms in total. The van der Waals surface area contributed by atoms with Gasteiger partial charge in [-0.2, -0.15) is 0 Å². The molecule has 2 heterocycles. The Kier molecular flexibility index (Phi) is 1.62. The summed E-state index contributed by atoms with van der Waals surface area (Å²) in [5.41, 5.74) is 0. The van der Waals surface area contributed by atoms with Crippen LogP contribution in [0.1, 0.15) is 25.7 Å². The number of fused-ring (bicyclic) bond motifs is 2. The molecule has 3 aliphatic rings. The first kappa shape index (κ1) is 7.80. The molecule has 0 spiro atoms. The maximum absolute atomic E-state index is 11.9. The lowest BCUT2D eigenvalue weighted by Crippen LogP contribution is -2.54. The molecule has 3 heteroatoms. The van der Waals surface area contributed by atoms with E-state index in [0.29, 0.717) is 23.9 Å². The number of hydrogen-bond donors (Lipinski definition) is 1. The molecule has 2 bridgehead atoms. The molecule has 0 unspecified atom stereocenters. The van der Waals surface area contributed by atoms with Gasteiger partial charge < -0.3 is 10.2 Å². The van der Waals surface area contributed by atoms with Crippen molar-refractivity contribution in [2.75, 3.05) is 13.1 Å². The number of carbonyl (C=O) groups is 1. The minimum absolute atomic E-state index is 0.404. The third kappa shape index (κ3) is 1.17. The van der Waals surface area contributed by atoms with Gasteiger partial charge in [0.05, 0.1) is 0 Å². The minimum atomic E-state index is 0.404. The van der Waals surface area contributed by atoms with Crippen molar-refractivity contribution in [1.29, 1.82) is 0 Å². The van der Waals surface area contributed by atoms with Crippen LogP contribution in [0.25, 0.3) is 0 Å².